The molecule has 0 aliphatic rings. The van der Waals surface area contributed by atoms with Crippen molar-refractivity contribution in [2.24, 2.45) is 0 Å². The Bertz CT molecular complexity index is 208. The Hall–Kier alpha value is -0.0800. The highest BCUT2D eigenvalue weighted by Crippen LogP contribution is 2.14. The maximum Gasteiger partial charge on any atom is 0.0572 e. The average molecular weight is 370 g/mol. The normalized spacial score (nSPS) is 11.3. The maximum atomic E-state index is 4.84. The van der Waals surface area contributed by atoms with Crippen molar-refractivity contribution >= 4 is 0 Å². The van der Waals surface area contributed by atoms with Gasteiger partial charge in [0, 0.05) is 6.54 Å². The van der Waals surface area contributed by atoms with Crippen molar-refractivity contribution in [3.8, 4) is 0 Å². The van der Waals surface area contributed by atoms with Gasteiger partial charge in [-0.1, -0.05) is 135 Å². The van der Waals surface area contributed by atoms with Gasteiger partial charge in [-0.3, -0.25) is 0 Å². The van der Waals surface area contributed by atoms with Crippen molar-refractivity contribution < 1.29 is 4.84 Å². The first-order valence-electron chi connectivity index (χ1n) is 12.2. The van der Waals surface area contributed by atoms with Gasteiger partial charge in [-0.15, -0.1) is 0 Å². The molecule has 0 saturated carbocycles. The molecule has 0 bridgehead atoms. The highest BCUT2D eigenvalue weighted by atomic mass is 16.6. The molecule has 0 atom stereocenters. The van der Waals surface area contributed by atoms with Gasteiger partial charge in [-0.05, 0) is 6.42 Å². The molecule has 0 aromatic carbocycles. The lowest BCUT2D eigenvalue weighted by Crippen LogP contribution is -2.12. The smallest absolute Gasteiger partial charge is 0.0572 e. The van der Waals surface area contributed by atoms with Gasteiger partial charge in [-0.25, -0.2) is 5.48 Å². The minimum Gasteiger partial charge on any atom is -0.305 e. The summed E-state index contributed by atoms with van der Waals surface area (Å²) in [4.78, 5) is 4.84. The van der Waals surface area contributed by atoms with Crippen LogP contribution >= 0.6 is 0 Å². The van der Waals surface area contributed by atoms with Gasteiger partial charge in [-0.2, -0.15) is 0 Å². The number of hydrogen-bond acceptors (Lipinski definition) is 2. The average Bonchev–Trinajstić information content (AvgIpc) is 2.66. The van der Waals surface area contributed by atoms with Gasteiger partial charge in [0.15, 0.2) is 0 Å². The van der Waals surface area contributed by atoms with Crippen LogP contribution in [0, 0.1) is 0 Å². The fourth-order valence-corrected chi connectivity index (χ4v) is 3.73. The summed E-state index contributed by atoms with van der Waals surface area (Å²) in [6.07, 6.45) is 30.3. The van der Waals surface area contributed by atoms with Crippen LogP contribution in [0.5, 0.6) is 0 Å². The molecule has 0 spiro atoms. The second kappa shape index (κ2) is 24.9. The molecule has 0 fully saturated rings. The second-order valence-corrected chi connectivity index (χ2v) is 8.17. The first kappa shape index (κ1) is 25.9. The van der Waals surface area contributed by atoms with E-state index in [1.165, 1.54) is 135 Å². The molecule has 0 saturated heterocycles. The lowest BCUT2D eigenvalue weighted by Gasteiger charge is -2.04. The lowest BCUT2D eigenvalue weighted by molar-refractivity contribution is 0.0904. The van der Waals surface area contributed by atoms with Crippen molar-refractivity contribution in [2.45, 2.75) is 142 Å². The fraction of sp³-hybridized carbons (Fsp3) is 1.00. The third kappa shape index (κ3) is 23.9. The molecule has 2 nitrogen and oxygen atoms in total. The molecule has 26 heavy (non-hydrogen) atoms. The molecule has 0 aromatic rings. The summed E-state index contributed by atoms with van der Waals surface area (Å²) >= 11 is 0. The van der Waals surface area contributed by atoms with Gasteiger partial charge >= 0.3 is 0 Å². The van der Waals surface area contributed by atoms with Crippen molar-refractivity contribution in [3.63, 3.8) is 0 Å². The van der Waals surface area contributed by atoms with Gasteiger partial charge in [0.25, 0.3) is 0 Å². The Kier molecular flexibility index (Phi) is 24.8. The maximum absolute atomic E-state index is 4.84. The SMILES string of the molecule is CCCCCCCCCCCCCCCCCCCCCCCNOC. The summed E-state index contributed by atoms with van der Waals surface area (Å²) in [5.41, 5.74) is 2.91. The Morgan fingerprint density at radius 3 is 0.962 bits per heavy atom. The molecule has 0 radical (unpaired) electrons. The molecule has 0 aliphatic heterocycles. The zero-order valence-corrected chi connectivity index (χ0v) is 18.5. The van der Waals surface area contributed by atoms with Crippen molar-refractivity contribution in [1.29, 1.82) is 0 Å². The number of hydrogen-bond donors (Lipinski definition) is 1. The minimum atomic E-state index is 0.996. The van der Waals surface area contributed by atoms with Crippen LogP contribution in [0.25, 0.3) is 0 Å². The summed E-state index contributed by atoms with van der Waals surface area (Å²) in [5.74, 6) is 0. The fourth-order valence-electron chi connectivity index (χ4n) is 3.73. The van der Waals surface area contributed by atoms with Gasteiger partial charge in [0.05, 0.1) is 7.11 Å². The Morgan fingerprint density at radius 2 is 0.692 bits per heavy atom. The van der Waals surface area contributed by atoms with Gasteiger partial charge in [0.2, 0.25) is 0 Å². The Balaban J connectivity index is 2.95. The molecule has 0 unspecified atom stereocenters. The van der Waals surface area contributed by atoms with Crippen molar-refractivity contribution in [1.82, 2.24) is 5.48 Å². The molecular formula is C24H51NO. The summed E-state index contributed by atoms with van der Waals surface area (Å²) in [5, 5.41) is 0. The Labute approximate surface area is 166 Å². The van der Waals surface area contributed by atoms with E-state index in [2.05, 4.69) is 12.4 Å². The molecule has 0 rings (SSSR count). The Morgan fingerprint density at radius 1 is 0.423 bits per heavy atom. The van der Waals surface area contributed by atoms with E-state index in [1.807, 2.05) is 0 Å². The van der Waals surface area contributed by atoms with Gasteiger partial charge in [0.1, 0.15) is 0 Å². The van der Waals surface area contributed by atoms with E-state index < -0.39 is 0 Å². The molecule has 0 amide bonds. The van der Waals surface area contributed by atoms with Crippen LogP contribution in [0.2, 0.25) is 0 Å². The largest absolute Gasteiger partial charge is 0.305 e. The summed E-state index contributed by atoms with van der Waals surface area (Å²) in [7, 11) is 1.69. The zero-order chi connectivity index (χ0) is 19.0. The van der Waals surface area contributed by atoms with Crippen LogP contribution in [0.4, 0.5) is 0 Å². The topological polar surface area (TPSA) is 21.3 Å². The minimum absolute atomic E-state index is 0.996. The van der Waals surface area contributed by atoms with Gasteiger partial charge < -0.3 is 4.84 Å². The molecule has 158 valence electrons. The van der Waals surface area contributed by atoms with E-state index >= 15 is 0 Å². The van der Waals surface area contributed by atoms with Crippen LogP contribution in [-0.4, -0.2) is 13.7 Å². The molecular weight excluding hydrogens is 318 g/mol. The second-order valence-electron chi connectivity index (χ2n) is 8.17. The van der Waals surface area contributed by atoms with E-state index in [0.29, 0.717) is 0 Å². The van der Waals surface area contributed by atoms with Crippen LogP contribution in [-0.2, 0) is 4.84 Å². The quantitative estimate of drug-likeness (QED) is 0.144. The standard InChI is InChI=1S/C24H51NO/c1-3-4-5-6-7-8-9-10-11-12-13-14-15-16-17-18-19-20-21-22-23-24-25-26-2/h25H,3-24H2,1-2H3. The predicted octanol–water partition coefficient (Wildman–Crippen LogP) is 8.35. The molecule has 2 heteroatoms. The van der Waals surface area contributed by atoms with Crippen LogP contribution in [0.3, 0.4) is 0 Å². The number of rotatable bonds is 23. The molecule has 0 aliphatic carbocycles. The third-order valence-electron chi connectivity index (χ3n) is 5.53. The van der Waals surface area contributed by atoms with Crippen LogP contribution in [0.1, 0.15) is 142 Å². The molecule has 1 N–H and O–H groups in total. The van der Waals surface area contributed by atoms with E-state index in [4.69, 9.17) is 4.84 Å². The lowest BCUT2D eigenvalue weighted by atomic mass is 10.0. The van der Waals surface area contributed by atoms with E-state index in [-0.39, 0.29) is 0 Å². The molecule has 0 aromatic heterocycles. The summed E-state index contributed by atoms with van der Waals surface area (Å²) in [6.45, 7) is 3.29. The summed E-state index contributed by atoms with van der Waals surface area (Å²) in [6, 6.07) is 0. The summed E-state index contributed by atoms with van der Waals surface area (Å²) < 4.78 is 0. The van der Waals surface area contributed by atoms with E-state index in [1.54, 1.807) is 7.11 Å². The monoisotopic (exact) mass is 369 g/mol. The number of hydroxylamine groups is 1. The first-order chi connectivity index (χ1) is 12.9. The van der Waals surface area contributed by atoms with E-state index in [9.17, 15) is 0 Å². The zero-order valence-electron chi connectivity index (χ0n) is 18.5. The number of unbranched alkanes of at least 4 members (excludes halogenated alkanes) is 20. The molecule has 0 heterocycles. The highest BCUT2D eigenvalue weighted by Gasteiger charge is 1.95. The van der Waals surface area contributed by atoms with Crippen molar-refractivity contribution in [2.75, 3.05) is 13.7 Å². The van der Waals surface area contributed by atoms with E-state index in [0.717, 1.165) is 6.54 Å². The van der Waals surface area contributed by atoms with Crippen LogP contribution in [0.15, 0.2) is 0 Å². The van der Waals surface area contributed by atoms with Crippen LogP contribution < -0.4 is 5.48 Å². The van der Waals surface area contributed by atoms with Crippen molar-refractivity contribution in [3.05, 3.63) is 0 Å². The highest BCUT2D eigenvalue weighted by molar-refractivity contribution is 4.51. The predicted molar refractivity (Wildman–Crippen MR) is 118 cm³/mol. The number of nitrogens with one attached hydrogen (secondary N) is 1. The third-order valence-corrected chi connectivity index (χ3v) is 5.53. The first-order valence-corrected chi connectivity index (χ1v) is 12.2.